The lowest BCUT2D eigenvalue weighted by atomic mass is 10.1. The molecular formula is C21H17N3O3S2. The van der Waals surface area contributed by atoms with Crippen LogP contribution in [0.2, 0.25) is 0 Å². The van der Waals surface area contributed by atoms with E-state index in [1.54, 1.807) is 17.0 Å². The number of hydrogen-bond acceptors (Lipinski definition) is 5. The molecule has 29 heavy (non-hydrogen) atoms. The molecule has 3 aromatic rings. The van der Waals surface area contributed by atoms with Crippen LogP contribution in [0.4, 0.5) is 5.69 Å². The second-order valence-corrected chi connectivity index (χ2v) is 8.25. The van der Waals surface area contributed by atoms with Gasteiger partial charge in [-0.15, -0.1) is 0 Å². The molecule has 2 aromatic carbocycles. The number of thiocarbonyl (C=S) groups is 1. The lowest BCUT2D eigenvalue weighted by Crippen LogP contribution is -2.27. The van der Waals surface area contributed by atoms with Crippen molar-refractivity contribution in [3.05, 3.63) is 80.9 Å². The molecule has 0 spiro atoms. The van der Waals surface area contributed by atoms with E-state index >= 15 is 0 Å². The van der Waals surface area contributed by atoms with Crippen LogP contribution in [0.25, 0.3) is 17.0 Å². The van der Waals surface area contributed by atoms with Crippen molar-refractivity contribution in [2.45, 2.75) is 13.5 Å². The number of benzene rings is 2. The summed E-state index contributed by atoms with van der Waals surface area (Å²) in [7, 11) is 0. The van der Waals surface area contributed by atoms with Crippen LogP contribution in [0, 0.1) is 10.1 Å². The highest BCUT2D eigenvalue weighted by molar-refractivity contribution is 8.26. The average molecular weight is 424 g/mol. The zero-order valence-corrected chi connectivity index (χ0v) is 17.2. The summed E-state index contributed by atoms with van der Waals surface area (Å²) in [4.78, 5) is 25.2. The molecule has 146 valence electrons. The van der Waals surface area contributed by atoms with Crippen LogP contribution in [-0.4, -0.2) is 31.2 Å². The third kappa shape index (κ3) is 3.68. The van der Waals surface area contributed by atoms with Crippen LogP contribution < -0.4 is 0 Å². The number of hydrogen-bond donors (Lipinski definition) is 0. The normalized spacial score (nSPS) is 15.6. The molecule has 8 heteroatoms. The SMILES string of the molecule is CCN1C(=O)C(=Cc2cn(Cc3ccc([N+](=O)[O-])cc3)c3ccccc23)SC1=S. The largest absolute Gasteiger partial charge is 0.342 e. The summed E-state index contributed by atoms with van der Waals surface area (Å²) in [5.74, 6) is -0.0605. The minimum Gasteiger partial charge on any atom is -0.342 e. The van der Waals surface area contributed by atoms with Crippen molar-refractivity contribution in [1.82, 2.24) is 9.47 Å². The summed E-state index contributed by atoms with van der Waals surface area (Å²) in [6, 6.07) is 14.5. The highest BCUT2D eigenvalue weighted by atomic mass is 32.2. The van der Waals surface area contributed by atoms with Crippen molar-refractivity contribution in [1.29, 1.82) is 0 Å². The van der Waals surface area contributed by atoms with E-state index in [1.165, 1.54) is 23.9 Å². The fraction of sp³-hybridized carbons (Fsp3) is 0.143. The van der Waals surface area contributed by atoms with Crippen LogP contribution >= 0.6 is 24.0 Å². The first-order chi connectivity index (χ1) is 14.0. The number of non-ortho nitro benzene ring substituents is 1. The quantitative estimate of drug-likeness (QED) is 0.255. The molecule has 6 nitrogen and oxygen atoms in total. The first kappa shape index (κ1) is 19.4. The Kier molecular flexibility index (Phi) is 5.21. The molecule has 0 unspecified atom stereocenters. The van der Waals surface area contributed by atoms with Gasteiger partial charge in [0.2, 0.25) is 0 Å². The van der Waals surface area contributed by atoms with E-state index in [0.717, 1.165) is 22.0 Å². The summed E-state index contributed by atoms with van der Waals surface area (Å²) in [5.41, 5.74) is 3.01. The number of thioether (sulfide) groups is 1. The summed E-state index contributed by atoms with van der Waals surface area (Å²) < 4.78 is 2.67. The van der Waals surface area contributed by atoms with E-state index < -0.39 is 4.92 Å². The number of aromatic nitrogens is 1. The standard InChI is InChI=1S/C21H17N3O3S2/c1-2-23-20(25)19(29-21(23)28)11-15-13-22(18-6-4-3-5-17(15)18)12-14-7-9-16(10-8-14)24(26)27/h3-11,13H,2,12H2,1H3. The first-order valence-corrected chi connectivity index (χ1v) is 10.3. The first-order valence-electron chi connectivity index (χ1n) is 9.04. The molecule has 0 saturated carbocycles. The molecule has 0 radical (unpaired) electrons. The van der Waals surface area contributed by atoms with Gasteiger partial charge in [0.05, 0.1) is 9.83 Å². The van der Waals surface area contributed by atoms with E-state index in [1.807, 2.05) is 43.5 Å². The Morgan fingerprint density at radius 1 is 1.17 bits per heavy atom. The van der Waals surface area contributed by atoms with E-state index in [-0.39, 0.29) is 11.6 Å². The third-order valence-electron chi connectivity index (χ3n) is 4.80. The van der Waals surface area contributed by atoms with Gasteiger partial charge in [0.1, 0.15) is 4.32 Å². The van der Waals surface area contributed by atoms with Gasteiger partial charge in [-0.1, -0.05) is 54.3 Å². The summed E-state index contributed by atoms with van der Waals surface area (Å²) in [6.07, 6.45) is 3.90. The van der Waals surface area contributed by atoms with Gasteiger partial charge >= 0.3 is 0 Å². The zero-order chi connectivity index (χ0) is 20.5. The molecule has 1 saturated heterocycles. The zero-order valence-electron chi connectivity index (χ0n) is 15.6. The van der Waals surface area contributed by atoms with Gasteiger partial charge < -0.3 is 4.57 Å². The monoisotopic (exact) mass is 423 g/mol. The van der Waals surface area contributed by atoms with Crippen LogP contribution in [0.1, 0.15) is 18.1 Å². The molecule has 1 aliphatic heterocycles. The fourth-order valence-corrected chi connectivity index (χ4v) is 4.73. The lowest BCUT2D eigenvalue weighted by Gasteiger charge is -2.09. The van der Waals surface area contributed by atoms with E-state index in [9.17, 15) is 14.9 Å². The van der Waals surface area contributed by atoms with Crippen LogP contribution in [0.15, 0.2) is 59.6 Å². The maximum atomic E-state index is 12.6. The Hall–Kier alpha value is -2.97. The topological polar surface area (TPSA) is 68.4 Å². The molecule has 0 bridgehead atoms. The molecule has 0 atom stereocenters. The van der Waals surface area contributed by atoms with E-state index in [0.29, 0.717) is 22.3 Å². The van der Waals surface area contributed by atoms with E-state index in [2.05, 4.69) is 4.57 Å². The van der Waals surface area contributed by atoms with Crippen LogP contribution in [0.5, 0.6) is 0 Å². The minimum absolute atomic E-state index is 0.0605. The molecule has 1 aliphatic rings. The highest BCUT2D eigenvalue weighted by Crippen LogP contribution is 2.34. The number of nitrogens with zero attached hydrogens (tertiary/aromatic N) is 3. The van der Waals surface area contributed by atoms with Crippen molar-refractivity contribution in [2.75, 3.05) is 6.54 Å². The number of nitro groups is 1. The van der Waals surface area contributed by atoms with Crippen molar-refractivity contribution < 1.29 is 9.72 Å². The Labute approximate surface area is 177 Å². The van der Waals surface area contributed by atoms with Crippen molar-refractivity contribution >= 4 is 56.9 Å². The Morgan fingerprint density at radius 2 is 1.90 bits per heavy atom. The lowest BCUT2D eigenvalue weighted by molar-refractivity contribution is -0.384. The predicted octanol–water partition coefficient (Wildman–Crippen LogP) is 4.82. The maximum Gasteiger partial charge on any atom is 0.269 e. The Morgan fingerprint density at radius 3 is 2.55 bits per heavy atom. The number of amides is 1. The summed E-state index contributed by atoms with van der Waals surface area (Å²) in [6.45, 7) is 3.04. The Bertz CT molecular complexity index is 1170. The van der Waals surface area contributed by atoms with Gasteiger partial charge in [-0.2, -0.15) is 0 Å². The predicted molar refractivity (Wildman–Crippen MR) is 120 cm³/mol. The number of carbonyl (C=O) groups is 1. The molecule has 1 fully saturated rings. The van der Waals surface area contributed by atoms with Gasteiger partial charge in [-0.05, 0) is 24.6 Å². The van der Waals surface area contributed by atoms with Crippen molar-refractivity contribution in [3.8, 4) is 0 Å². The minimum atomic E-state index is -0.403. The second-order valence-electron chi connectivity index (χ2n) is 6.58. The molecule has 1 amide bonds. The van der Waals surface area contributed by atoms with Gasteiger partial charge in [0.25, 0.3) is 11.6 Å². The Balaban J connectivity index is 1.71. The van der Waals surface area contributed by atoms with Crippen molar-refractivity contribution in [3.63, 3.8) is 0 Å². The van der Waals surface area contributed by atoms with E-state index in [4.69, 9.17) is 12.2 Å². The van der Waals surface area contributed by atoms with Gasteiger partial charge in [-0.3, -0.25) is 19.8 Å². The van der Waals surface area contributed by atoms with Gasteiger partial charge in [0, 0.05) is 47.9 Å². The maximum absolute atomic E-state index is 12.6. The number of likely N-dealkylation sites (N-methyl/N-ethyl adjacent to an activating group) is 1. The molecule has 1 aromatic heterocycles. The number of carbonyl (C=O) groups excluding carboxylic acids is 1. The summed E-state index contributed by atoms with van der Waals surface area (Å²) in [5, 5.41) is 11.9. The van der Waals surface area contributed by atoms with Gasteiger partial charge in [0.15, 0.2) is 0 Å². The van der Waals surface area contributed by atoms with Crippen LogP contribution in [0.3, 0.4) is 0 Å². The average Bonchev–Trinajstić information content (AvgIpc) is 3.19. The van der Waals surface area contributed by atoms with Crippen molar-refractivity contribution in [2.24, 2.45) is 0 Å². The highest BCUT2D eigenvalue weighted by Gasteiger charge is 2.30. The number of para-hydroxylation sites is 1. The number of nitro benzene ring substituents is 1. The number of rotatable bonds is 5. The molecule has 0 aliphatic carbocycles. The molecule has 4 rings (SSSR count). The molecular weight excluding hydrogens is 406 g/mol. The number of fused-ring (bicyclic) bond motifs is 1. The smallest absolute Gasteiger partial charge is 0.269 e. The molecule has 2 heterocycles. The summed E-state index contributed by atoms with van der Waals surface area (Å²) >= 11 is 6.62. The third-order valence-corrected chi connectivity index (χ3v) is 6.17. The van der Waals surface area contributed by atoms with Gasteiger partial charge in [-0.25, -0.2) is 0 Å². The second kappa shape index (κ2) is 7.81. The fourth-order valence-electron chi connectivity index (χ4n) is 3.35. The molecule has 0 N–H and O–H groups in total. The van der Waals surface area contributed by atoms with Crippen LogP contribution in [-0.2, 0) is 11.3 Å².